The van der Waals surface area contributed by atoms with Gasteiger partial charge >= 0.3 is 0 Å². The van der Waals surface area contributed by atoms with Crippen molar-refractivity contribution in [1.82, 2.24) is 4.90 Å². The van der Waals surface area contributed by atoms with Gasteiger partial charge in [0, 0.05) is 6.54 Å². The quantitative estimate of drug-likeness (QED) is 0.497. The molecule has 0 aromatic heterocycles. The van der Waals surface area contributed by atoms with E-state index in [-0.39, 0.29) is 12.9 Å². The topological polar surface area (TPSA) is 74.2 Å². The van der Waals surface area contributed by atoms with Gasteiger partial charge in [0.25, 0.3) is 0 Å². The highest BCUT2D eigenvalue weighted by Gasteiger charge is 2.09. The van der Waals surface area contributed by atoms with Crippen molar-refractivity contribution in [2.75, 3.05) is 13.2 Å². The van der Waals surface area contributed by atoms with Crippen molar-refractivity contribution < 1.29 is 5.11 Å². The fourth-order valence-electron chi connectivity index (χ4n) is 0.682. The summed E-state index contributed by atoms with van der Waals surface area (Å²) >= 11 is 0. The van der Waals surface area contributed by atoms with Crippen LogP contribution in [0.1, 0.15) is 0 Å². The highest BCUT2D eigenvalue weighted by molar-refractivity contribution is 5.73. The minimum absolute atomic E-state index is 0.0647. The number of nitrogens with two attached hydrogens (primary N) is 1. The molecule has 0 aliphatic carbocycles. The Morgan fingerprint density at radius 2 is 2.50 bits per heavy atom. The molecule has 1 heterocycles. The molecule has 10 heavy (non-hydrogen) atoms. The van der Waals surface area contributed by atoms with Crippen molar-refractivity contribution in [3.63, 3.8) is 0 Å². The number of aliphatic imine (C=N–C) groups is 2. The first-order chi connectivity index (χ1) is 4.84. The van der Waals surface area contributed by atoms with Crippen LogP contribution >= 0.6 is 0 Å². The Labute approximate surface area is 58.9 Å². The van der Waals surface area contributed by atoms with Crippen molar-refractivity contribution >= 4 is 12.7 Å². The van der Waals surface area contributed by atoms with E-state index in [1.54, 1.807) is 11.2 Å². The summed E-state index contributed by atoms with van der Waals surface area (Å²) in [5.41, 5.74) is 5.49. The van der Waals surface area contributed by atoms with Crippen molar-refractivity contribution in [2.24, 2.45) is 15.7 Å². The molecule has 0 spiro atoms. The third-order valence-electron chi connectivity index (χ3n) is 1.20. The largest absolute Gasteiger partial charge is 0.395 e. The summed E-state index contributed by atoms with van der Waals surface area (Å²) in [5, 5.41) is 8.53. The lowest BCUT2D eigenvalue weighted by atomic mass is 10.5. The molecule has 1 rings (SSSR count). The van der Waals surface area contributed by atoms with Gasteiger partial charge in [-0.15, -0.1) is 0 Å². The van der Waals surface area contributed by atoms with E-state index in [0.29, 0.717) is 6.54 Å². The molecule has 0 radical (unpaired) electrons. The Morgan fingerprint density at radius 3 is 3.10 bits per heavy atom. The zero-order valence-electron chi connectivity index (χ0n) is 5.51. The Hall–Kier alpha value is -0.940. The van der Waals surface area contributed by atoms with Crippen LogP contribution in [0.25, 0.3) is 0 Å². The third-order valence-corrected chi connectivity index (χ3v) is 1.20. The van der Waals surface area contributed by atoms with E-state index in [9.17, 15) is 0 Å². The molecule has 5 nitrogen and oxygen atoms in total. The van der Waals surface area contributed by atoms with Gasteiger partial charge in [-0.3, -0.25) is 5.73 Å². The van der Waals surface area contributed by atoms with Gasteiger partial charge in [0.2, 0.25) is 0 Å². The summed E-state index contributed by atoms with van der Waals surface area (Å²) in [6.07, 6.45) is 2.58. The second kappa shape index (κ2) is 3.28. The third kappa shape index (κ3) is 1.52. The molecule has 0 saturated carbocycles. The first kappa shape index (κ1) is 7.17. The van der Waals surface area contributed by atoms with Gasteiger partial charge in [0.05, 0.1) is 12.9 Å². The van der Waals surface area contributed by atoms with E-state index in [2.05, 4.69) is 9.98 Å². The maximum Gasteiger partial charge on any atom is 0.176 e. The molecular weight excluding hydrogens is 132 g/mol. The monoisotopic (exact) mass is 142 g/mol. The average Bonchev–Trinajstić information content (AvgIpc) is 1.94. The zero-order chi connectivity index (χ0) is 7.40. The maximum absolute atomic E-state index is 8.53. The molecule has 1 unspecified atom stereocenters. The molecule has 0 aromatic rings. The Bertz CT molecular complexity index is 156. The van der Waals surface area contributed by atoms with Gasteiger partial charge in [0.1, 0.15) is 6.34 Å². The van der Waals surface area contributed by atoms with Crippen LogP contribution in [0.4, 0.5) is 0 Å². The van der Waals surface area contributed by atoms with E-state index < -0.39 is 0 Å². The van der Waals surface area contributed by atoms with E-state index in [0.717, 1.165) is 0 Å². The van der Waals surface area contributed by atoms with E-state index in [4.69, 9.17) is 10.8 Å². The number of hydrogen-bond donors (Lipinski definition) is 2. The number of hydrogen-bond acceptors (Lipinski definition) is 5. The number of rotatable bonds is 2. The number of aliphatic hydroxyl groups excluding tert-OH is 1. The van der Waals surface area contributed by atoms with Crippen LogP contribution in [-0.2, 0) is 0 Å². The standard InChI is InChI=1S/C5H10N4O/c6-5-8-3-7-4-9(5)1-2-10/h3-5,10H,1-2,6H2. The number of aliphatic hydroxyl groups is 1. The van der Waals surface area contributed by atoms with Crippen LogP contribution in [0, 0.1) is 0 Å². The van der Waals surface area contributed by atoms with Gasteiger partial charge in [-0.05, 0) is 0 Å². The molecule has 1 aliphatic rings. The average molecular weight is 142 g/mol. The first-order valence-corrected chi connectivity index (χ1v) is 3.01. The Morgan fingerprint density at radius 1 is 1.70 bits per heavy atom. The Balaban J connectivity index is 2.44. The Kier molecular flexibility index (Phi) is 2.35. The van der Waals surface area contributed by atoms with Gasteiger partial charge in [-0.25, -0.2) is 9.98 Å². The van der Waals surface area contributed by atoms with Crippen molar-refractivity contribution in [3.05, 3.63) is 0 Å². The predicted molar refractivity (Wildman–Crippen MR) is 38.8 cm³/mol. The summed E-state index contributed by atoms with van der Waals surface area (Å²) in [7, 11) is 0. The van der Waals surface area contributed by atoms with Crippen molar-refractivity contribution in [3.8, 4) is 0 Å². The van der Waals surface area contributed by atoms with Crippen molar-refractivity contribution in [2.45, 2.75) is 6.29 Å². The van der Waals surface area contributed by atoms with Crippen LogP contribution in [0.3, 0.4) is 0 Å². The molecule has 0 amide bonds. The van der Waals surface area contributed by atoms with E-state index >= 15 is 0 Å². The molecule has 0 fully saturated rings. The van der Waals surface area contributed by atoms with Crippen LogP contribution in [0.2, 0.25) is 0 Å². The molecule has 5 heteroatoms. The number of nitrogens with zero attached hydrogens (tertiary/aromatic N) is 3. The first-order valence-electron chi connectivity index (χ1n) is 3.01. The SMILES string of the molecule is NC1N=CN=CN1CCO. The van der Waals surface area contributed by atoms with Crippen LogP contribution < -0.4 is 5.73 Å². The summed E-state index contributed by atoms with van der Waals surface area (Å²) in [5.74, 6) is 0. The lowest BCUT2D eigenvalue weighted by Gasteiger charge is -2.23. The van der Waals surface area contributed by atoms with Gasteiger partial charge in [-0.1, -0.05) is 0 Å². The van der Waals surface area contributed by atoms with Gasteiger partial charge in [-0.2, -0.15) is 0 Å². The highest BCUT2D eigenvalue weighted by atomic mass is 16.3. The van der Waals surface area contributed by atoms with E-state index in [1.807, 2.05) is 0 Å². The molecule has 0 aromatic carbocycles. The second-order valence-electron chi connectivity index (χ2n) is 1.90. The zero-order valence-corrected chi connectivity index (χ0v) is 5.51. The fraction of sp³-hybridized carbons (Fsp3) is 0.600. The van der Waals surface area contributed by atoms with Crippen molar-refractivity contribution in [1.29, 1.82) is 0 Å². The summed E-state index contributed by atoms with van der Waals surface area (Å²) in [6.45, 7) is 0.539. The van der Waals surface area contributed by atoms with Crippen LogP contribution in [-0.4, -0.2) is 42.1 Å². The molecular formula is C5H10N4O. The normalized spacial score (nSPS) is 23.8. The minimum Gasteiger partial charge on any atom is -0.395 e. The molecule has 1 atom stereocenters. The maximum atomic E-state index is 8.53. The van der Waals surface area contributed by atoms with Gasteiger partial charge < -0.3 is 10.0 Å². The molecule has 56 valence electrons. The predicted octanol–water partition coefficient (Wildman–Crippen LogP) is -1.41. The van der Waals surface area contributed by atoms with Crippen LogP contribution in [0.5, 0.6) is 0 Å². The lowest BCUT2D eigenvalue weighted by molar-refractivity contribution is 0.226. The molecule has 0 saturated heterocycles. The van der Waals surface area contributed by atoms with Crippen LogP contribution in [0.15, 0.2) is 9.98 Å². The highest BCUT2D eigenvalue weighted by Crippen LogP contribution is 1.93. The molecule has 1 aliphatic heterocycles. The number of β-amino-alcohol motifs (C(OH)–C–C–N with tert-alkyl or cyclic N) is 1. The molecule has 3 N–H and O–H groups in total. The summed E-state index contributed by atoms with van der Waals surface area (Å²) in [6, 6.07) is 0. The molecule has 0 bridgehead atoms. The van der Waals surface area contributed by atoms with Gasteiger partial charge in [0.15, 0.2) is 6.29 Å². The minimum atomic E-state index is -0.385. The smallest absolute Gasteiger partial charge is 0.176 e. The second-order valence-corrected chi connectivity index (χ2v) is 1.90. The van der Waals surface area contributed by atoms with E-state index in [1.165, 1.54) is 6.34 Å². The fourth-order valence-corrected chi connectivity index (χ4v) is 0.682. The summed E-state index contributed by atoms with van der Waals surface area (Å²) in [4.78, 5) is 9.20. The summed E-state index contributed by atoms with van der Waals surface area (Å²) < 4.78 is 0. The lowest BCUT2D eigenvalue weighted by Crippen LogP contribution is -2.42.